The van der Waals surface area contributed by atoms with Gasteiger partial charge in [0.15, 0.2) is 5.13 Å². The van der Waals surface area contributed by atoms with E-state index in [1.165, 1.54) is 17.7 Å². The van der Waals surface area contributed by atoms with Crippen molar-refractivity contribution in [3.8, 4) is 0 Å². The molecular weight excluding hydrogens is 278 g/mol. The Labute approximate surface area is 131 Å². The Balaban J connectivity index is 1.83. The van der Waals surface area contributed by atoms with Crippen molar-refractivity contribution in [2.75, 3.05) is 11.4 Å². The monoisotopic (exact) mass is 301 g/mol. The van der Waals surface area contributed by atoms with Gasteiger partial charge >= 0.3 is 0 Å². The van der Waals surface area contributed by atoms with E-state index in [9.17, 15) is 0 Å². The number of benzene rings is 1. The van der Waals surface area contributed by atoms with Crippen LogP contribution < -0.4 is 10.2 Å². The van der Waals surface area contributed by atoms with Gasteiger partial charge in [-0.25, -0.2) is 4.98 Å². The maximum atomic E-state index is 4.82. The maximum Gasteiger partial charge on any atom is 0.190 e. The molecule has 1 aromatic heterocycles. The molecule has 1 aromatic carbocycles. The van der Waals surface area contributed by atoms with Gasteiger partial charge in [0.1, 0.15) is 0 Å². The third-order valence-corrected chi connectivity index (χ3v) is 4.72. The highest BCUT2D eigenvalue weighted by Gasteiger charge is 2.24. The highest BCUT2D eigenvalue weighted by molar-refractivity contribution is 7.13. The second kappa shape index (κ2) is 6.16. The zero-order valence-corrected chi connectivity index (χ0v) is 13.8. The summed E-state index contributed by atoms with van der Waals surface area (Å²) >= 11 is 1.75. The van der Waals surface area contributed by atoms with Gasteiger partial charge in [0.2, 0.25) is 0 Å². The Bertz CT molecular complexity index is 606. The third-order valence-electron chi connectivity index (χ3n) is 3.81. The molecule has 0 bridgehead atoms. The molecule has 1 atom stereocenters. The number of para-hydroxylation sites is 1. The van der Waals surface area contributed by atoms with E-state index in [0.29, 0.717) is 12.0 Å². The van der Waals surface area contributed by atoms with Gasteiger partial charge in [-0.05, 0) is 24.0 Å². The molecule has 2 heterocycles. The van der Waals surface area contributed by atoms with Gasteiger partial charge in [-0.3, -0.25) is 0 Å². The number of aromatic nitrogens is 1. The summed E-state index contributed by atoms with van der Waals surface area (Å²) in [5.41, 5.74) is 3.90. The number of anilines is 2. The Hall–Kier alpha value is -1.39. The lowest BCUT2D eigenvalue weighted by molar-refractivity contribution is 0.560. The molecule has 0 aliphatic carbocycles. The molecule has 112 valence electrons. The first-order chi connectivity index (χ1) is 10.1. The van der Waals surface area contributed by atoms with E-state index in [1.807, 2.05) is 0 Å². The molecule has 0 fully saturated rings. The van der Waals surface area contributed by atoms with Crippen LogP contribution in [0.2, 0.25) is 0 Å². The zero-order chi connectivity index (χ0) is 14.8. The average Bonchev–Trinajstić information content (AvgIpc) is 2.93. The van der Waals surface area contributed by atoms with Crippen molar-refractivity contribution < 1.29 is 0 Å². The van der Waals surface area contributed by atoms with Crippen LogP contribution in [0, 0.1) is 5.92 Å². The van der Waals surface area contributed by atoms with Crippen LogP contribution in [0.3, 0.4) is 0 Å². The molecule has 0 saturated carbocycles. The fraction of sp³-hybridized carbons (Fsp3) is 0.471. The lowest BCUT2D eigenvalue weighted by atomic mass is 9.94. The molecule has 0 radical (unpaired) electrons. The lowest BCUT2D eigenvalue weighted by Gasteiger charge is -2.32. The van der Waals surface area contributed by atoms with Crippen LogP contribution in [-0.2, 0) is 13.0 Å². The second-order valence-electron chi connectivity index (χ2n) is 6.21. The van der Waals surface area contributed by atoms with Crippen molar-refractivity contribution in [1.82, 2.24) is 10.3 Å². The van der Waals surface area contributed by atoms with E-state index in [-0.39, 0.29) is 0 Å². The fourth-order valence-electron chi connectivity index (χ4n) is 2.79. The highest BCUT2D eigenvalue weighted by Crippen LogP contribution is 2.36. The average molecular weight is 301 g/mol. The molecule has 0 spiro atoms. The van der Waals surface area contributed by atoms with Gasteiger partial charge in [0.05, 0.1) is 5.69 Å². The number of thiazole rings is 1. The lowest BCUT2D eigenvalue weighted by Crippen LogP contribution is -2.30. The normalized spacial score (nSPS) is 18.1. The standard InChI is InChI=1S/C17H23N3S/c1-12(2)18-9-15-11-21-17(19-15)20-10-13(3)8-14-6-4-5-7-16(14)20/h4-7,11-13,18H,8-10H2,1-3H3. The van der Waals surface area contributed by atoms with E-state index < -0.39 is 0 Å². The van der Waals surface area contributed by atoms with Crippen molar-refractivity contribution in [3.05, 3.63) is 40.9 Å². The van der Waals surface area contributed by atoms with Gasteiger partial charge in [-0.2, -0.15) is 0 Å². The van der Waals surface area contributed by atoms with Crippen LogP contribution in [0.25, 0.3) is 0 Å². The molecule has 1 N–H and O–H groups in total. The summed E-state index contributed by atoms with van der Waals surface area (Å²) in [6.45, 7) is 8.55. The number of nitrogens with zero attached hydrogens (tertiary/aromatic N) is 2. The second-order valence-corrected chi connectivity index (χ2v) is 7.04. The number of hydrogen-bond acceptors (Lipinski definition) is 4. The minimum absolute atomic E-state index is 0.492. The summed E-state index contributed by atoms with van der Waals surface area (Å²) < 4.78 is 0. The molecule has 4 heteroatoms. The van der Waals surface area contributed by atoms with Gasteiger partial charge in [0, 0.05) is 30.2 Å². The van der Waals surface area contributed by atoms with Crippen molar-refractivity contribution >= 4 is 22.2 Å². The first kappa shape index (κ1) is 14.5. The molecule has 1 aliphatic rings. The number of rotatable bonds is 4. The Kier molecular flexibility index (Phi) is 4.27. The van der Waals surface area contributed by atoms with Crippen molar-refractivity contribution in [3.63, 3.8) is 0 Å². The molecule has 3 rings (SSSR count). The molecule has 0 saturated heterocycles. The largest absolute Gasteiger partial charge is 0.317 e. The predicted octanol–water partition coefficient (Wildman–Crippen LogP) is 3.97. The molecule has 3 nitrogen and oxygen atoms in total. The van der Waals surface area contributed by atoms with E-state index in [0.717, 1.165) is 23.9 Å². The van der Waals surface area contributed by atoms with Gasteiger partial charge < -0.3 is 10.2 Å². The van der Waals surface area contributed by atoms with E-state index in [4.69, 9.17) is 4.98 Å². The van der Waals surface area contributed by atoms with E-state index in [2.05, 4.69) is 60.6 Å². The van der Waals surface area contributed by atoms with E-state index in [1.54, 1.807) is 11.3 Å². The molecule has 1 unspecified atom stereocenters. The van der Waals surface area contributed by atoms with E-state index >= 15 is 0 Å². The van der Waals surface area contributed by atoms with Gasteiger partial charge in [0.25, 0.3) is 0 Å². The molecule has 21 heavy (non-hydrogen) atoms. The molecule has 2 aromatic rings. The van der Waals surface area contributed by atoms with Crippen LogP contribution in [0.1, 0.15) is 32.0 Å². The molecule has 0 amide bonds. The van der Waals surface area contributed by atoms with Crippen LogP contribution in [0.5, 0.6) is 0 Å². The first-order valence-electron chi connectivity index (χ1n) is 7.66. The smallest absolute Gasteiger partial charge is 0.190 e. The van der Waals surface area contributed by atoms with Crippen LogP contribution in [-0.4, -0.2) is 17.6 Å². The number of fused-ring (bicyclic) bond motifs is 1. The Morgan fingerprint density at radius 1 is 1.38 bits per heavy atom. The van der Waals surface area contributed by atoms with Gasteiger partial charge in [-0.1, -0.05) is 39.0 Å². The van der Waals surface area contributed by atoms with Crippen LogP contribution in [0.4, 0.5) is 10.8 Å². The molecule has 1 aliphatic heterocycles. The summed E-state index contributed by atoms with van der Waals surface area (Å²) in [6.07, 6.45) is 1.17. The van der Waals surface area contributed by atoms with Crippen LogP contribution >= 0.6 is 11.3 Å². The zero-order valence-electron chi connectivity index (χ0n) is 13.0. The summed E-state index contributed by atoms with van der Waals surface area (Å²) in [5.74, 6) is 0.668. The number of nitrogens with one attached hydrogen (secondary N) is 1. The van der Waals surface area contributed by atoms with Gasteiger partial charge in [-0.15, -0.1) is 11.3 Å². The highest BCUT2D eigenvalue weighted by atomic mass is 32.1. The SMILES string of the molecule is CC1Cc2ccccc2N(c2nc(CNC(C)C)cs2)C1. The third kappa shape index (κ3) is 3.27. The minimum atomic E-state index is 0.492. The summed E-state index contributed by atoms with van der Waals surface area (Å²) in [4.78, 5) is 7.20. The summed E-state index contributed by atoms with van der Waals surface area (Å²) in [6, 6.07) is 9.21. The quantitative estimate of drug-likeness (QED) is 0.926. The predicted molar refractivity (Wildman–Crippen MR) is 90.4 cm³/mol. The Morgan fingerprint density at radius 3 is 3.00 bits per heavy atom. The maximum absolute atomic E-state index is 4.82. The molecular formula is C17H23N3S. The summed E-state index contributed by atoms with van der Waals surface area (Å²) in [7, 11) is 0. The summed E-state index contributed by atoms with van der Waals surface area (Å²) in [5, 5.41) is 6.72. The van der Waals surface area contributed by atoms with Crippen molar-refractivity contribution in [1.29, 1.82) is 0 Å². The Morgan fingerprint density at radius 2 is 2.19 bits per heavy atom. The fourth-order valence-corrected chi connectivity index (χ4v) is 3.64. The number of hydrogen-bond donors (Lipinski definition) is 1. The first-order valence-corrected chi connectivity index (χ1v) is 8.54. The van der Waals surface area contributed by atoms with Crippen LogP contribution in [0.15, 0.2) is 29.6 Å². The minimum Gasteiger partial charge on any atom is -0.317 e. The van der Waals surface area contributed by atoms with Crippen molar-refractivity contribution in [2.24, 2.45) is 5.92 Å². The topological polar surface area (TPSA) is 28.2 Å². The van der Waals surface area contributed by atoms with Crippen molar-refractivity contribution in [2.45, 2.75) is 39.8 Å².